The molecule has 5 heteroatoms. The molecule has 106 valence electrons. The molecule has 0 aromatic heterocycles. The van der Waals surface area contributed by atoms with E-state index in [4.69, 9.17) is 11.6 Å². The number of benzene rings is 1. The average molecular weight is 395 g/mol. The summed E-state index contributed by atoms with van der Waals surface area (Å²) in [5.41, 5.74) is 0.695. The van der Waals surface area contributed by atoms with Gasteiger partial charge in [-0.15, -0.1) is 0 Å². The molecule has 0 saturated heterocycles. The highest BCUT2D eigenvalue weighted by Gasteiger charge is 2.17. The topological polar surface area (TPSA) is 23.6 Å². The Morgan fingerprint density at radius 1 is 1.26 bits per heavy atom. The Morgan fingerprint density at radius 2 is 1.95 bits per heavy atom. The van der Waals surface area contributed by atoms with Crippen molar-refractivity contribution in [3.8, 4) is 0 Å². The van der Waals surface area contributed by atoms with Crippen LogP contribution in [-0.4, -0.2) is 49.4 Å². The van der Waals surface area contributed by atoms with Crippen LogP contribution in [0.15, 0.2) is 18.2 Å². The lowest BCUT2D eigenvalue weighted by molar-refractivity contribution is 0.0744. The second-order valence-electron chi connectivity index (χ2n) is 4.72. The Balaban J connectivity index is 2.88. The number of hydrogen-bond donors (Lipinski definition) is 0. The molecule has 0 unspecified atom stereocenters. The second kappa shape index (κ2) is 8.07. The monoisotopic (exact) mass is 394 g/mol. The summed E-state index contributed by atoms with van der Waals surface area (Å²) in [6, 6.07) is 5.44. The average Bonchev–Trinajstić information content (AvgIpc) is 2.36. The third kappa shape index (κ3) is 5.28. The molecule has 3 nitrogen and oxygen atoms in total. The first-order valence-corrected chi connectivity index (χ1v) is 7.80. The van der Waals surface area contributed by atoms with Gasteiger partial charge in [0.25, 0.3) is 5.91 Å². The van der Waals surface area contributed by atoms with Gasteiger partial charge in [0.05, 0.1) is 5.56 Å². The molecule has 0 bridgehead atoms. The normalized spacial score (nSPS) is 10.8. The zero-order valence-corrected chi connectivity index (χ0v) is 14.5. The smallest absolute Gasteiger partial charge is 0.255 e. The van der Waals surface area contributed by atoms with Crippen molar-refractivity contribution in [2.24, 2.45) is 0 Å². The minimum absolute atomic E-state index is 0.0654. The molecule has 0 aliphatic rings. The summed E-state index contributed by atoms with van der Waals surface area (Å²) in [6.07, 6.45) is 0.955. The fourth-order valence-corrected chi connectivity index (χ4v) is 2.48. The van der Waals surface area contributed by atoms with Gasteiger partial charge >= 0.3 is 0 Å². The van der Waals surface area contributed by atoms with E-state index in [2.05, 4.69) is 34.4 Å². The maximum absolute atomic E-state index is 12.6. The molecule has 1 rings (SSSR count). The van der Waals surface area contributed by atoms with E-state index in [1.807, 2.05) is 31.1 Å². The van der Waals surface area contributed by atoms with Crippen molar-refractivity contribution in [3.63, 3.8) is 0 Å². The fourth-order valence-electron chi connectivity index (χ4n) is 1.74. The van der Waals surface area contributed by atoms with Gasteiger partial charge in [0, 0.05) is 28.2 Å². The maximum atomic E-state index is 12.6. The summed E-state index contributed by atoms with van der Waals surface area (Å²) in [7, 11) is 4.02. The van der Waals surface area contributed by atoms with Crippen molar-refractivity contribution in [2.45, 2.75) is 13.3 Å². The van der Waals surface area contributed by atoms with Crippen molar-refractivity contribution < 1.29 is 4.79 Å². The van der Waals surface area contributed by atoms with Gasteiger partial charge in [0.15, 0.2) is 0 Å². The minimum atomic E-state index is 0.0654. The zero-order valence-electron chi connectivity index (χ0n) is 11.6. The molecular formula is C14H20ClIN2O. The van der Waals surface area contributed by atoms with E-state index in [0.29, 0.717) is 10.6 Å². The van der Waals surface area contributed by atoms with Gasteiger partial charge in [0.1, 0.15) is 0 Å². The molecule has 0 aliphatic carbocycles. The zero-order chi connectivity index (χ0) is 14.4. The van der Waals surface area contributed by atoms with Crippen LogP contribution in [0.2, 0.25) is 5.02 Å². The van der Waals surface area contributed by atoms with Gasteiger partial charge in [0.2, 0.25) is 0 Å². The Hall–Kier alpha value is -0.330. The van der Waals surface area contributed by atoms with Crippen LogP contribution in [0.3, 0.4) is 0 Å². The van der Waals surface area contributed by atoms with E-state index < -0.39 is 0 Å². The molecule has 0 atom stereocenters. The van der Waals surface area contributed by atoms with Gasteiger partial charge in [-0.25, -0.2) is 0 Å². The molecule has 1 amide bonds. The lowest BCUT2D eigenvalue weighted by Gasteiger charge is -2.24. The molecular weight excluding hydrogens is 375 g/mol. The molecule has 0 N–H and O–H groups in total. The number of likely N-dealkylation sites (N-methyl/N-ethyl adjacent to an activating group) is 1. The molecule has 0 spiro atoms. The van der Waals surface area contributed by atoms with E-state index in [9.17, 15) is 4.79 Å². The van der Waals surface area contributed by atoms with E-state index in [-0.39, 0.29) is 5.91 Å². The van der Waals surface area contributed by atoms with Gasteiger partial charge in [-0.1, -0.05) is 18.5 Å². The van der Waals surface area contributed by atoms with Crippen LogP contribution in [0.5, 0.6) is 0 Å². The van der Waals surface area contributed by atoms with Gasteiger partial charge < -0.3 is 9.80 Å². The van der Waals surface area contributed by atoms with E-state index >= 15 is 0 Å². The summed E-state index contributed by atoms with van der Waals surface area (Å²) in [4.78, 5) is 16.5. The first-order valence-electron chi connectivity index (χ1n) is 6.34. The summed E-state index contributed by atoms with van der Waals surface area (Å²) < 4.78 is 0.943. The highest BCUT2D eigenvalue weighted by atomic mass is 127. The molecule has 0 heterocycles. The van der Waals surface area contributed by atoms with Crippen molar-refractivity contribution >= 4 is 40.1 Å². The van der Waals surface area contributed by atoms with Crippen LogP contribution >= 0.6 is 34.2 Å². The third-order valence-corrected chi connectivity index (χ3v) is 3.93. The number of amides is 1. The molecule has 0 saturated carbocycles. The van der Waals surface area contributed by atoms with Gasteiger partial charge in [-0.3, -0.25) is 4.79 Å². The molecule has 0 aliphatic heterocycles. The predicted octanol–water partition coefficient (Wildman–Crippen LogP) is 3.36. The predicted molar refractivity (Wildman–Crippen MR) is 88.9 cm³/mol. The SMILES string of the molecule is CCCN(CCN(C)C)C(=O)c1cc(Cl)ccc1I. The number of hydrogen-bond acceptors (Lipinski definition) is 2. The minimum Gasteiger partial charge on any atom is -0.337 e. The second-order valence-corrected chi connectivity index (χ2v) is 6.32. The van der Waals surface area contributed by atoms with Crippen LogP contribution in [0.4, 0.5) is 0 Å². The summed E-state index contributed by atoms with van der Waals surface area (Å²) >= 11 is 8.17. The first kappa shape index (κ1) is 16.7. The van der Waals surface area contributed by atoms with Crippen LogP contribution in [0, 0.1) is 3.57 Å². The Kier molecular flexibility index (Phi) is 7.10. The molecule has 0 radical (unpaired) electrons. The van der Waals surface area contributed by atoms with Crippen LogP contribution < -0.4 is 0 Å². The van der Waals surface area contributed by atoms with E-state index in [1.165, 1.54) is 0 Å². The number of carbonyl (C=O) groups is 1. The Morgan fingerprint density at radius 3 is 2.53 bits per heavy atom. The summed E-state index contributed by atoms with van der Waals surface area (Å²) in [5, 5.41) is 0.604. The lowest BCUT2D eigenvalue weighted by atomic mass is 10.2. The number of rotatable bonds is 6. The largest absolute Gasteiger partial charge is 0.337 e. The van der Waals surface area contributed by atoms with Crippen LogP contribution in [0.25, 0.3) is 0 Å². The number of halogens is 2. The van der Waals surface area contributed by atoms with Gasteiger partial charge in [-0.2, -0.15) is 0 Å². The first-order chi connectivity index (χ1) is 8.95. The summed E-state index contributed by atoms with van der Waals surface area (Å²) in [5.74, 6) is 0.0654. The number of nitrogens with zero attached hydrogens (tertiary/aromatic N) is 2. The highest BCUT2D eigenvalue weighted by molar-refractivity contribution is 14.1. The van der Waals surface area contributed by atoms with Crippen LogP contribution in [0.1, 0.15) is 23.7 Å². The lowest BCUT2D eigenvalue weighted by Crippen LogP contribution is -2.37. The van der Waals surface area contributed by atoms with Crippen molar-refractivity contribution in [1.82, 2.24) is 9.80 Å². The maximum Gasteiger partial charge on any atom is 0.255 e. The molecule has 1 aromatic rings. The standard InChI is InChI=1S/C14H20ClIN2O/c1-4-7-18(9-8-17(2)3)14(19)12-10-11(15)5-6-13(12)16/h5-6,10H,4,7-9H2,1-3H3. The van der Waals surface area contributed by atoms with Crippen molar-refractivity contribution in [3.05, 3.63) is 32.4 Å². The third-order valence-electron chi connectivity index (χ3n) is 2.76. The molecule has 19 heavy (non-hydrogen) atoms. The number of carbonyl (C=O) groups excluding carboxylic acids is 1. The van der Waals surface area contributed by atoms with E-state index in [1.54, 1.807) is 6.07 Å². The Labute approximate surface area is 134 Å². The molecule has 1 aromatic carbocycles. The summed E-state index contributed by atoms with van der Waals surface area (Å²) in [6.45, 7) is 4.46. The quantitative estimate of drug-likeness (QED) is 0.691. The van der Waals surface area contributed by atoms with Gasteiger partial charge in [-0.05, 0) is 61.3 Å². The Bertz CT molecular complexity index is 437. The fraction of sp³-hybridized carbons (Fsp3) is 0.500. The molecule has 0 fully saturated rings. The van der Waals surface area contributed by atoms with Crippen molar-refractivity contribution in [2.75, 3.05) is 33.7 Å². The van der Waals surface area contributed by atoms with E-state index in [0.717, 1.165) is 29.6 Å². The van der Waals surface area contributed by atoms with Crippen LogP contribution in [-0.2, 0) is 0 Å². The van der Waals surface area contributed by atoms with Crippen molar-refractivity contribution in [1.29, 1.82) is 0 Å². The highest BCUT2D eigenvalue weighted by Crippen LogP contribution is 2.19.